The number of amides is 1. The lowest BCUT2D eigenvalue weighted by Gasteiger charge is -2.31. The van der Waals surface area contributed by atoms with Gasteiger partial charge in [0.25, 0.3) is 0 Å². The van der Waals surface area contributed by atoms with Gasteiger partial charge in [-0.1, -0.05) is 23.7 Å². The Balaban J connectivity index is 1.31. The van der Waals surface area contributed by atoms with E-state index in [2.05, 4.69) is 5.32 Å². The summed E-state index contributed by atoms with van der Waals surface area (Å²) in [6.45, 7) is 1.92. The van der Waals surface area contributed by atoms with Crippen molar-refractivity contribution in [2.75, 3.05) is 39.8 Å². The molecule has 0 aromatic heterocycles. The molecule has 1 N–H and O–H groups in total. The van der Waals surface area contributed by atoms with Crippen LogP contribution >= 0.6 is 11.6 Å². The van der Waals surface area contributed by atoms with Gasteiger partial charge in [0.05, 0.1) is 27.8 Å². The van der Waals surface area contributed by atoms with Gasteiger partial charge in [-0.05, 0) is 68.0 Å². The van der Waals surface area contributed by atoms with Gasteiger partial charge in [-0.15, -0.1) is 0 Å². The van der Waals surface area contributed by atoms with Crippen molar-refractivity contribution in [1.29, 1.82) is 0 Å². The second-order valence-electron chi connectivity index (χ2n) is 9.29. The van der Waals surface area contributed by atoms with Crippen LogP contribution in [0.2, 0.25) is 5.02 Å². The van der Waals surface area contributed by atoms with Crippen molar-refractivity contribution in [2.45, 2.75) is 41.9 Å². The zero-order chi connectivity index (χ0) is 26.6. The van der Waals surface area contributed by atoms with Gasteiger partial charge in [0.15, 0.2) is 0 Å². The fourth-order valence-corrected chi connectivity index (χ4v) is 8.10. The standard InChI is InChI=1S/C25H32ClN3O6S2/c1-35-24-11-10-22(17-23(24)26)37(33,34)29-16-4-5-20(18-29)25(30)27-13-12-19-6-8-21(9-7-19)36(31,32)28-14-2-3-15-28/h6-11,17,20H,2-5,12-16,18H2,1H3,(H,27,30)/t20-/m0/s1. The van der Waals surface area contributed by atoms with Crippen LogP contribution < -0.4 is 10.1 Å². The summed E-state index contributed by atoms with van der Waals surface area (Å²) in [5, 5.41) is 3.11. The van der Waals surface area contributed by atoms with Crippen LogP contribution in [0.15, 0.2) is 52.3 Å². The van der Waals surface area contributed by atoms with E-state index in [0.29, 0.717) is 51.2 Å². The van der Waals surface area contributed by atoms with Crippen molar-refractivity contribution in [2.24, 2.45) is 5.92 Å². The molecule has 12 heteroatoms. The lowest BCUT2D eigenvalue weighted by atomic mass is 9.99. The molecule has 0 unspecified atom stereocenters. The van der Waals surface area contributed by atoms with E-state index in [1.807, 2.05) is 0 Å². The van der Waals surface area contributed by atoms with Crippen molar-refractivity contribution in [3.63, 3.8) is 0 Å². The average Bonchev–Trinajstić information content (AvgIpc) is 3.45. The Bertz CT molecular complexity index is 1330. The highest BCUT2D eigenvalue weighted by Gasteiger charge is 2.33. The smallest absolute Gasteiger partial charge is 0.243 e. The number of piperidine rings is 1. The normalized spacial score (nSPS) is 19.6. The van der Waals surface area contributed by atoms with Crippen LogP contribution in [0, 0.1) is 5.92 Å². The number of nitrogens with one attached hydrogen (secondary N) is 1. The molecule has 1 amide bonds. The Kier molecular flexibility index (Phi) is 8.80. The number of hydrogen-bond donors (Lipinski definition) is 1. The molecule has 0 aliphatic carbocycles. The predicted molar refractivity (Wildman–Crippen MR) is 141 cm³/mol. The fourth-order valence-electron chi connectivity index (χ4n) is 4.71. The van der Waals surface area contributed by atoms with Gasteiger partial charge in [0.2, 0.25) is 26.0 Å². The summed E-state index contributed by atoms with van der Waals surface area (Å²) in [6, 6.07) is 11.1. The van der Waals surface area contributed by atoms with Crippen LogP contribution in [0.1, 0.15) is 31.2 Å². The number of benzene rings is 2. The molecule has 2 fully saturated rings. The summed E-state index contributed by atoms with van der Waals surface area (Å²) in [6.07, 6.45) is 3.49. The van der Waals surface area contributed by atoms with Gasteiger partial charge in [-0.2, -0.15) is 8.61 Å². The zero-order valence-electron chi connectivity index (χ0n) is 20.7. The van der Waals surface area contributed by atoms with Crippen LogP contribution in [0.3, 0.4) is 0 Å². The second-order valence-corrected chi connectivity index (χ2v) is 13.6. The minimum absolute atomic E-state index is 0.0644. The van der Waals surface area contributed by atoms with E-state index in [1.54, 1.807) is 24.3 Å². The molecule has 2 saturated heterocycles. The summed E-state index contributed by atoms with van der Waals surface area (Å²) < 4.78 is 59.5. The number of nitrogens with zero attached hydrogens (tertiary/aromatic N) is 2. The SMILES string of the molecule is COc1ccc(S(=O)(=O)N2CCC[C@H](C(=O)NCCc3ccc(S(=O)(=O)N4CCCC4)cc3)C2)cc1Cl. The molecule has 9 nitrogen and oxygen atoms in total. The van der Waals surface area contributed by atoms with E-state index >= 15 is 0 Å². The van der Waals surface area contributed by atoms with Crippen LogP contribution in [0.25, 0.3) is 0 Å². The van der Waals surface area contributed by atoms with E-state index in [4.69, 9.17) is 16.3 Å². The first-order valence-corrected chi connectivity index (χ1v) is 15.6. The predicted octanol–water partition coefficient (Wildman–Crippen LogP) is 2.89. The Morgan fingerprint density at radius 3 is 2.22 bits per heavy atom. The average molecular weight is 570 g/mol. The van der Waals surface area contributed by atoms with Gasteiger partial charge in [0, 0.05) is 32.7 Å². The molecular formula is C25H32ClN3O6S2. The van der Waals surface area contributed by atoms with E-state index in [-0.39, 0.29) is 27.3 Å². The highest BCUT2D eigenvalue weighted by atomic mass is 35.5. The molecule has 0 radical (unpaired) electrons. The first-order chi connectivity index (χ1) is 17.6. The van der Waals surface area contributed by atoms with Crippen molar-refractivity contribution >= 4 is 37.6 Å². The second kappa shape index (κ2) is 11.7. The largest absolute Gasteiger partial charge is 0.495 e. The number of rotatable bonds is 9. The van der Waals surface area contributed by atoms with Crippen LogP contribution in [0.5, 0.6) is 5.75 Å². The van der Waals surface area contributed by atoms with E-state index < -0.39 is 26.0 Å². The molecule has 37 heavy (non-hydrogen) atoms. The van der Waals surface area contributed by atoms with Gasteiger partial charge >= 0.3 is 0 Å². The van der Waals surface area contributed by atoms with Gasteiger partial charge in [0.1, 0.15) is 5.75 Å². The fraction of sp³-hybridized carbons (Fsp3) is 0.480. The quantitative estimate of drug-likeness (QED) is 0.497. The molecule has 0 spiro atoms. The molecule has 2 aliphatic rings. The lowest BCUT2D eigenvalue weighted by Crippen LogP contribution is -2.45. The summed E-state index contributed by atoms with van der Waals surface area (Å²) in [5.74, 6) is -0.259. The van der Waals surface area contributed by atoms with Gasteiger partial charge in [-0.3, -0.25) is 4.79 Å². The molecule has 2 aromatic rings. The van der Waals surface area contributed by atoms with Gasteiger partial charge < -0.3 is 10.1 Å². The number of halogens is 1. The Labute approximate surface area is 223 Å². The van der Waals surface area contributed by atoms with E-state index in [9.17, 15) is 21.6 Å². The molecule has 0 bridgehead atoms. The topological polar surface area (TPSA) is 113 Å². The molecule has 0 saturated carbocycles. The van der Waals surface area contributed by atoms with Crippen LogP contribution in [-0.4, -0.2) is 71.2 Å². The highest BCUT2D eigenvalue weighted by molar-refractivity contribution is 7.89. The Morgan fingerprint density at radius 2 is 1.57 bits per heavy atom. The number of ether oxygens (including phenoxy) is 1. The maximum Gasteiger partial charge on any atom is 0.243 e. The number of carbonyl (C=O) groups is 1. The zero-order valence-corrected chi connectivity index (χ0v) is 23.1. The van der Waals surface area contributed by atoms with Crippen LogP contribution in [-0.2, 0) is 31.3 Å². The molecule has 1 atom stereocenters. The number of carbonyl (C=O) groups excluding carboxylic acids is 1. The monoisotopic (exact) mass is 569 g/mol. The third-order valence-electron chi connectivity index (χ3n) is 6.86. The third-order valence-corrected chi connectivity index (χ3v) is 10.9. The molecule has 2 aliphatic heterocycles. The lowest BCUT2D eigenvalue weighted by molar-refractivity contribution is -0.126. The molecule has 2 heterocycles. The van der Waals surface area contributed by atoms with Crippen molar-refractivity contribution < 1.29 is 26.4 Å². The molecule has 2 aromatic carbocycles. The van der Waals surface area contributed by atoms with Crippen LogP contribution in [0.4, 0.5) is 0 Å². The summed E-state index contributed by atoms with van der Waals surface area (Å²) in [7, 11) is -5.80. The Morgan fingerprint density at radius 1 is 0.946 bits per heavy atom. The summed E-state index contributed by atoms with van der Waals surface area (Å²) >= 11 is 6.12. The number of methoxy groups -OCH3 is 1. The first kappa shape index (κ1) is 27.8. The van der Waals surface area contributed by atoms with E-state index in [0.717, 1.165) is 18.4 Å². The van der Waals surface area contributed by atoms with Crippen molar-refractivity contribution in [1.82, 2.24) is 13.9 Å². The maximum atomic E-state index is 13.1. The molecule has 202 valence electrons. The number of sulfonamides is 2. The first-order valence-electron chi connectivity index (χ1n) is 12.3. The third kappa shape index (κ3) is 6.28. The maximum absolute atomic E-state index is 13.1. The van der Waals surface area contributed by atoms with Gasteiger partial charge in [-0.25, -0.2) is 16.8 Å². The minimum Gasteiger partial charge on any atom is -0.495 e. The van der Waals surface area contributed by atoms with Crippen molar-refractivity contribution in [3.05, 3.63) is 53.1 Å². The number of hydrogen-bond acceptors (Lipinski definition) is 6. The Hall–Kier alpha value is -2.18. The summed E-state index contributed by atoms with van der Waals surface area (Å²) in [5.41, 5.74) is 0.907. The van der Waals surface area contributed by atoms with Crippen molar-refractivity contribution in [3.8, 4) is 5.75 Å². The highest BCUT2D eigenvalue weighted by Crippen LogP contribution is 2.30. The summed E-state index contributed by atoms with van der Waals surface area (Å²) in [4.78, 5) is 13.2. The van der Waals surface area contributed by atoms with E-state index in [1.165, 1.54) is 33.9 Å². The minimum atomic E-state index is -3.80. The molecule has 4 rings (SSSR count). The molecular weight excluding hydrogens is 538 g/mol.